The Bertz CT molecular complexity index is 550. The van der Waals surface area contributed by atoms with E-state index in [1.54, 1.807) is 16.1 Å². The molecule has 0 unspecified atom stereocenters. The number of nitrogens with two attached hydrogens (primary N) is 1. The smallest absolute Gasteiger partial charge is 0.405 e. The molecule has 6 nitrogen and oxygen atoms in total. The van der Waals surface area contributed by atoms with Gasteiger partial charge in [-0.1, -0.05) is 0 Å². The lowest BCUT2D eigenvalue weighted by atomic mass is 10.4. The maximum Gasteiger partial charge on any atom is 0.405 e. The van der Waals surface area contributed by atoms with Crippen molar-refractivity contribution in [2.45, 2.75) is 25.1 Å². The number of esters is 1. The highest BCUT2D eigenvalue weighted by Gasteiger charge is 2.29. The van der Waals surface area contributed by atoms with Gasteiger partial charge in [0, 0.05) is 12.2 Å². The molecule has 0 bridgehead atoms. The van der Waals surface area contributed by atoms with Crippen molar-refractivity contribution in [2.75, 3.05) is 18.9 Å². The number of anilines is 1. The van der Waals surface area contributed by atoms with E-state index >= 15 is 0 Å². The number of nitrogens with zero attached hydrogens (tertiary/aromatic N) is 1. The molecule has 21 heavy (non-hydrogen) atoms. The van der Waals surface area contributed by atoms with E-state index < -0.39 is 31.2 Å². The predicted octanol–water partition coefficient (Wildman–Crippen LogP) is 1.24. The van der Waals surface area contributed by atoms with Crippen LogP contribution in [0.2, 0.25) is 0 Å². The monoisotopic (exact) mass is 305 g/mol. The summed E-state index contributed by atoms with van der Waals surface area (Å²) in [6, 6.07) is 1.60. The molecule has 9 heteroatoms. The van der Waals surface area contributed by atoms with E-state index in [9.17, 15) is 22.8 Å². The summed E-state index contributed by atoms with van der Waals surface area (Å²) in [6.07, 6.45) is -1.08. The molecule has 1 heterocycles. The molecule has 1 fully saturated rings. The number of carbonyl (C=O) groups excluding carboxylic acids is 2. The summed E-state index contributed by atoms with van der Waals surface area (Å²) in [5.74, 6) is -1.81. The van der Waals surface area contributed by atoms with Crippen molar-refractivity contribution in [3.63, 3.8) is 0 Å². The van der Waals surface area contributed by atoms with Crippen LogP contribution in [0, 0.1) is 0 Å². The van der Waals surface area contributed by atoms with Gasteiger partial charge >= 0.3 is 12.1 Å². The SMILES string of the molecule is Nc1cc(C(=O)OCC(=O)NCC(F)(F)F)n(C2CC2)c1. The highest BCUT2D eigenvalue weighted by Crippen LogP contribution is 2.37. The Morgan fingerprint density at radius 3 is 2.67 bits per heavy atom. The molecule has 1 aromatic rings. The number of ether oxygens (including phenoxy) is 1. The first-order valence-corrected chi connectivity index (χ1v) is 6.24. The summed E-state index contributed by atoms with van der Waals surface area (Å²) in [4.78, 5) is 23.0. The molecule has 1 aromatic heterocycles. The van der Waals surface area contributed by atoms with Gasteiger partial charge < -0.3 is 20.4 Å². The fourth-order valence-corrected chi connectivity index (χ4v) is 1.77. The molecular formula is C12H14F3N3O3. The predicted molar refractivity (Wildman–Crippen MR) is 66.5 cm³/mol. The Hall–Kier alpha value is -2.19. The molecule has 0 radical (unpaired) electrons. The number of rotatable bonds is 5. The molecule has 1 aliphatic rings. The molecular weight excluding hydrogens is 291 g/mol. The Balaban J connectivity index is 1.86. The number of alkyl halides is 3. The molecule has 0 aliphatic heterocycles. The Kier molecular flexibility index (Phi) is 4.10. The molecule has 0 atom stereocenters. The van der Waals surface area contributed by atoms with Crippen LogP contribution in [0.25, 0.3) is 0 Å². The zero-order valence-electron chi connectivity index (χ0n) is 10.9. The van der Waals surface area contributed by atoms with E-state index in [1.165, 1.54) is 6.07 Å². The third-order valence-electron chi connectivity index (χ3n) is 2.84. The molecule has 0 aromatic carbocycles. The zero-order valence-corrected chi connectivity index (χ0v) is 10.9. The molecule has 2 rings (SSSR count). The third-order valence-corrected chi connectivity index (χ3v) is 2.84. The Labute approximate surface area is 118 Å². The van der Waals surface area contributed by atoms with Gasteiger partial charge in [0.2, 0.25) is 0 Å². The third kappa shape index (κ3) is 4.40. The lowest BCUT2D eigenvalue weighted by molar-refractivity contribution is -0.140. The summed E-state index contributed by atoms with van der Waals surface area (Å²) in [6.45, 7) is -2.24. The zero-order chi connectivity index (χ0) is 15.6. The van der Waals surface area contributed by atoms with E-state index in [-0.39, 0.29) is 11.7 Å². The van der Waals surface area contributed by atoms with E-state index in [4.69, 9.17) is 10.5 Å². The topological polar surface area (TPSA) is 86.4 Å². The number of amides is 1. The summed E-state index contributed by atoms with van der Waals surface area (Å²) in [7, 11) is 0. The van der Waals surface area contributed by atoms with Crippen molar-refractivity contribution in [3.8, 4) is 0 Å². The van der Waals surface area contributed by atoms with Gasteiger partial charge in [0.15, 0.2) is 6.61 Å². The second-order valence-corrected chi connectivity index (χ2v) is 4.77. The van der Waals surface area contributed by atoms with Gasteiger partial charge in [-0.05, 0) is 18.9 Å². The highest BCUT2D eigenvalue weighted by atomic mass is 19.4. The number of aromatic nitrogens is 1. The van der Waals surface area contributed by atoms with Crippen molar-refractivity contribution in [2.24, 2.45) is 0 Å². The average Bonchev–Trinajstić information content (AvgIpc) is 3.15. The summed E-state index contributed by atoms with van der Waals surface area (Å²) in [5, 5.41) is 1.61. The van der Waals surface area contributed by atoms with Gasteiger partial charge in [-0.15, -0.1) is 0 Å². The first kappa shape index (κ1) is 15.2. The van der Waals surface area contributed by atoms with Crippen molar-refractivity contribution >= 4 is 17.6 Å². The van der Waals surface area contributed by atoms with Crippen molar-refractivity contribution < 1.29 is 27.5 Å². The van der Waals surface area contributed by atoms with Crippen LogP contribution in [0.3, 0.4) is 0 Å². The van der Waals surface area contributed by atoms with Gasteiger partial charge in [-0.25, -0.2) is 4.79 Å². The normalized spacial score (nSPS) is 14.8. The molecule has 0 saturated heterocycles. The second kappa shape index (κ2) is 5.66. The van der Waals surface area contributed by atoms with Crippen LogP contribution in [0.5, 0.6) is 0 Å². The minimum atomic E-state index is -4.51. The van der Waals surface area contributed by atoms with Crippen LogP contribution in [0.1, 0.15) is 29.4 Å². The summed E-state index contributed by atoms with van der Waals surface area (Å²) in [5.41, 5.74) is 6.18. The minimum absolute atomic E-state index is 0.184. The van der Waals surface area contributed by atoms with Crippen molar-refractivity contribution in [1.82, 2.24) is 9.88 Å². The van der Waals surface area contributed by atoms with Gasteiger partial charge in [0.05, 0.1) is 5.69 Å². The number of nitrogen functional groups attached to an aromatic ring is 1. The Morgan fingerprint density at radius 2 is 2.10 bits per heavy atom. The standard InChI is InChI=1S/C12H14F3N3O3/c13-12(14,15)6-17-10(19)5-21-11(20)9-3-7(16)4-18(9)8-1-2-8/h3-4,8H,1-2,5-6,16H2,(H,17,19). The highest BCUT2D eigenvalue weighted by molar-refractivity contribution is 5.91. The lowest BCUT2D eigenvalue weighted by Crippen LogP contribution is -2.36. The molecule has 0 spiro atoms. The maximum absolute atomic E-state index is 11.9. The number of carbonyl (C=O) groups is 2. The van der Waals surface area contributed by atoms with Gasteiger partial charge in [0.25, 0.3) is 5.91 Å². The van der Waals surface area contributed by atoms with Crippen molar-refractivity contribution in [3.05, 3.63) is 18.0 Å². The fraction of sp³-hybridized carbons (Fsp3) is 0.500. The first-order valence-electron chi connectivity index (χ1n) is 6.24. The second-order valence-electron chi connectivity index (χ2n) is 4.77. The van der Waals surface area contributed by atoms with E-state index in [0.717, 1.165) is 12.8 Å². The van der Waals surface area contributed by atoms with Crippen LogP contribution in [-0.4, -0.2) is 35.8 Å². The first-order chi connectivity index (χ1) is 9.76. The molecule has 1 saturated carbocycles. The van der Waals surface area contributed by atoms with Gasteiger partial charge in [-0.3, -0.25) is 4.79 Å². The molecule has 116 valence electrons. The maximum atomic E-state index is 11.9. The molecule has 1 amide bonds. The number of halogens is 3. The van der Waals surface area contributed by atoms with Crippen LogP contribution in [-0.2, 0) is 9.53 Å². The van der Waals surface area contributed by atoms with Crippen LogP contribution in [0.4, 0.5) is 18.9 Å². The van der Waals surface area contributed by atoms with E-state index in [0.29, 0.717) is 5.69 Å². The number of hydrogen-bond acceptors (Lipinski definition) is 4. The fourth-order valence-electron chi connectivity index (χ4n) is 1.77. The average molecular weight is 305 g/mol. The lowest BCUT2D eigenvalue weighted by Gasteiger charge is -2.10. The minimum Gasteiger partial charge on any atom is -0.451 e. The van der Waals surface area contributed by atoms with Crippen LogP contribution in [0.15, 0.2) is 12.3 Å². The number of hydrogen-bond donors (Lipinski definition) is 2. The van der Waals surface area contributed by atoms with Crippen LogP contribution < -0.4 is 11.1 Å². The number of nitrogens with one attached hydrogen (secondary N) is 1. The largest absolute Gasteiger partial charge is 0.451 e. The van der Waals surface area contributed by atoms with E-state index in [1.807, 2.05) is 0 Å². The van der Waals surface area contributed by atoms with Crippen LogP contribution >= 0.6 is 0 Å². The molecule has 1 aliphatic carbocycles. The van der Waals surface area contributed by atoms with Gasteiger partial charge in [0.1, 0.15) is 12.2 Å². The quantitative estimate of drug-likeness (QED) is 0.801. The summed E-state index contributed by atoms with van der Waals surface area (Å²) < 4.78 is 42.0. The van der Waals surface area contributed by atoms with Gasteiger partial charge in [-0.2, -0.15) is 13.2 Å². The van der Waals surface area contributed by atoms with E-state index in [2.05, 4.69) is 0 Å². The van der Waals surface area contributed by atoms with Crippen molar-refractivity contribution in [1.29, 1.82) is 0 Å². The summed E-state index contributed by atoms with van der Waals surface area (Å²) >= 11 is 0. The Morgan fingerprint density at radius 1 is 1.43 bits per heavy atom. The molecule has 3 N–H and O–H groups in total.